The standard InChI is InChI=1S/C20H22O2/c1-21-19-9-5-13-11-15(19)3-4-16-12-14(6-10-20(16)22-2)18-8-7-17(13)18/h5-6,9-12,17-18H,3-4,7-8H2,1-2H3. The van der Waals surface area contributed by atoms with Gasteiger partial charge in [-0.1, -0.05) is 24.3 Å². The van der Waals surface area contributed by atoms with E-state index in [1.165, 1.54) is 35.1 Å². The summed E-state index contributed by atoms with van der Waals surface area (Å²) in [4.78, 5) is 0. The Morgan fingerprint density at radius 3 is 1.55 bits per heavy atom. The third kappa shape index (κ3) is 2.09. The minimum absolute atomic E-state index is 0.656. The van der Waals surface area contributed by atoms with Crippen LogP contribution in [0.25, 0.3) is 0 Å². The fourth-order valence-corrected chi connectivity index (χ4v) is 4.02. The second-order valence-corrected chi connectivity index (χ2v) is 6.43. The van der Waals surface area contributed by atoms with Crippen molar-refractivity contribution in [3.05, 3.63) is 58.7 Å². The van der Waals surface area contributed by atoms with E-state index >= 15 is 0 Å². The molecule has 114 valence electrons. The highest BCUT2D eigenvalue weighted by molar-refractivity contribution is 5.46. The van der Waals surface area contributed by atoms with Crippen LogP contribution in [0.1, 0.15) is 46.9 Å². The number of methoxy groups -OCH3 is 2. The van der Waals surface area contributed by atoms with E-state index in [-0.39, 0.29) is 0 Å². The van der Waals surface area contributed by atoms with Crippen LogP contribution in [0.5, 0.6) is 11.5 Å². The van der Waals surface area contributed by atoms with Gasteiger partial charge >= 0.3 is 0 Å². The van der Waals surface area contributed by atoms with E-state index in [0.29, 0.717) is 11.8 Å². The van der Waals surface area contributed by atoms with Crippen LogP contribution in [-0.2, 0) is 12.8 Å². The summed E-state index contributed by atoms with van der Waals surface area (Å²) in [7, 11) is 3.52. The molecule has 0 aromatic heterocycles. The molecule has 2 aliphatic carbocycles. The smallest absolute Gasteiger partial charge is 0.122 e. The molecule has 2 aliphatic rings. The maximum atomic E-state index is 5.55. The van der Waals surface area contributed by atoms with Crippen LogP contribution in [0.4, 0.5) is 0 Å². The lowest BCUT2D eigenvalue weighted by Gasteiger charge is -2.38. The second-order valence-electron chi connectivity index (χ2n) is 6.43. The predicted octanol–water partition coefficient (Wildman–Crippen LogP) is 4.46. The summed E-state index contributed by atoms with van der Waals surface area (Å²) in [6, 6.07) is 13.5. The number of rotatable bonds is 2. The highest BCUT2D eigenvalue weighted by Crippen LogP contribution is 2.50. The number of fused-ring (bicyclic) bond motifs is 7. The van der Waals surface area contributed by atoms with Crippen LogP contribution in [0, 0.1) is 0 Å². The second kappa shape index (κ2) is 5.35. The van der Waals surface area contributed by atoms with Crippen molar-refractivity contribution in [1.82, 2.24) is 0 Å². The van der Waals surface area contributed by atoms with E-state index in [1.54, 1.807) is 14.2 Å². The molecule has 2 atom stereocenters. The average molecular weight is 294 g/mol. The molecule has 1 saturated carbocycles. The molecule has 2 nitrogen and oxygen atoms in total. The molecule has 0 aliphatic heterocycles. The Morgan fingerprint density at radius 1 is 0.727 bits per heavy atom. The summed E-state index contributed by atoms with van der Waals surface area (Å²) in [6.07, 6.45) is 4.57. The lowest BCUT2D eigenvalue weighted by Crippen LogP contribution is -2.22. The molecule has 1 fully saturated rings. The summed E-state index contributed by atoms with van der Waals surface area (Å²) in [5.74, 6) is 3.33. The van der Waals surface area contributed by atoms with Crippen molar-refractivity contribution in [2.45, 2.75) is 37.5 Å². The van der Waals surface area contributed by atoms with Crippen molar-refractivity contribution in [2.24, 2.45) is 0 Å². The zero-order chi connectivity index (χ0) is 15.1. The number of benzene rings is 2. The Labute approximate surface area is 132 Å². The van der Waals surface area contributed by atoms with Crippen LogP contribution in [0.15, 0.2) is 36.4 Å². The molecule has 0 heterocycles. The number of hydrogen-bond acceptors (Lipinski definition) is 2. The van der Waals surface area contributed by atoms with Gasteiger partial charge in [0, 0.05) is 0 Å². The van der Waals surface area contributed by atoms with Crippen LogP contribution >= 0.6 is 0 Å². The molecule has 0 saturated heterocycles. The van der Waals surface area contributed by atoms with Crippen molar-refractivity contribution in [1.29, 1.82) is 0 Å². The first-order valence-electron chi connectivity index (χ1n) is 8.14. The monoisotopic (exact) mass is 294 g/mol. The zero-order valence-corrected chi connectivity index (χ0v) is 13.3. The quantitative estimate of drug-likeness (QED) is 0.814. The minimum Gasteiger partial charge on any atom is -0.496 e. The van der Waals surface area contributed by atoms with Gasteiger partial charge in [0.1, 0.15) is 11.5 Å². The van der Waals surface area contributed by atoms with Gasteiger partial charge in [-0.2, -0.15) is 0 Å². The fraction of sp³-hybridized carbons (Fsp3) is 0.400. The molecule has 4 rings (SSSR count). The third-order valence-corrected chi connectivity index (χ3v) is 5.40. The Kier molecular flexibility index (Phi) is 3.33. The largest absolute Gasteiger partial charge is 0.496 e. The van der Waals surface area contributed by atoms with Gasteiger partial charge in [-0.15, -0.1) is 0 Å². The third-order valence-electron chi connectivity index (χ3n) is 5.40. The van der Waals surface area contributed by atoms with Crippen molar-refractivity contribution in [3.63, 3.8) is 0 Å². The van der Waals surface area contributed by atoms with Crippen molar-refractivity contribution >= 4 is 0 Å². The summed E-state index contributed by atoms with van der Waals surface area (Å²) in [5, 5.41) is 0. The van der Waals surface area contributed by atoms with Crippen molar-refractivity contribution < 1.29 is 9.47 Å². The highest BCUT2D eigenvalue weighted by Gasteiger charge is 2.34. The first-order valence-corrected chi connectivity index (χ1v) is 8.14. The molecule has 22 heavy (non-hydrogen) atoms. The van der Waals surface area contributed by atoms with E-state index < -0.39 is 0 Å². The number of aryl methyl sites for hydroxylation is 2. The van der Waals surface area contributed by atoms with Gasteiger partial charge in [0.15, 0.2) is 0 Å². The molecule has 0 amide bonds. The summed E-state index contributed by atoms with van der Waals surface area (Å²) in [5.41, 5.74) is 5.60. The lowest BCUT2D eigenvalue weighted by molar-refractivity contribution is 0.343. The Balaban J connectivity index is 1.82. The zero-order valence-electron chi connectivity index (χ0n) is 13.3. The van der Waals surface area contributed by atoms with E-state index in [0.717, 1.165) is 24.3 Å². The molecule has 2 unspecified atom stereocenters. The fourth-order valence-electron chi connectivity index (χ4n) is 4.02. The summed E-state index contributed by atoms with van der Waals surface area (Å²) in [6.45, 7) is 0. The van der Waals surface area contributed by atoms with E-state index in [4.69, 9.17) is 9.47 Å². The highest BCUT2D eigenvalue weighted by atomic mass is 16.5. The normalized spacial score (nSPS) is 22.3. The molecule has 0 radical (unpaired) electrons. The molecule has 0 spiro atoms. The van der Waals surface area contributed by atoms with Crippen LogP contribution in [0.2, 0.25) is 0 Å². The summed E-state index contributed by atoms with van der Waals surface area (Å²) < 4.78 is 11.1. The molecular weight excluding hydrogens is 272 g/mol. The van der Waals surface area contributed by atoms with Crippen molar-refractivity contribution in [2.75, 3.05) is 14.2 Å². The van der Waals surface area contributed by atoms with Crippen molar-refractivity contribution in [3.8, 4) is 11.5 Å². The maximum Gasteiger partial charge on any atom is 0.122 e. The van der Waals surface area contributed by atoms with Crippen LogP contribution in [-0.4, -0.2) is 14.2 Å². The number of ether oxygens (including phenoxy) is 2. The van der Waals surface area contributed by atoms with Gasteiger partial charge in [0.25, 0.3) is 0 Å². The van der Waals surface area contributed by atoms with Crippen LogP contribution < -0.4 is 9.47 Å². The molecule has 0 N–H and O–H groups in total. The average Bonchev–Trinajstić information content (AvgIpc) is 2.51. The molecule has 2 aromatic rings. The Bertz CT molecular complexity index is 643. The minimum atomic E-state index is 0.656. The van der Waals surface area contributed by atoms with Gasteiger partial charge in [0.05, 0.1) is 14.2 Å². The molecular formula is C20H22O2. The maximum absolute atomic E-state index is 5.55. The number of hydrogen-bond donors (Lipinski definition) is 0. The molecule has 2 heteroatoms. The van der Waals surface area contributed by atoms with Gasteiger partial charge in [-0.25, -0.2) is 0 Å². The van der Waals surface area contributed by atoms with Gasteiger partial charge in [-0.05, 0) is 71.9 Å². The first-order chi connectivity index (χ1) is 10.8. The molecule has 2 aromatic carbocycles. The Hall–Kier alpha value is -1.96. The Morgan fingerprint density at radius 2 is 1.18 bits per heavy atom. The topological polar surface area (TPSA) is 18.5 Å². The van der Waals surface area contributed by atoms with Gasteiger partial charge in [0.2, 0.25) is 0 Å². The van der Waals surface area contributed by atoms with E-state index in [9.17, 15) is 0 Å². The predicted molar refractivity (Wildman–Crippen MR) is 88.1 cm³/mol. The van der Waals surface area contributed by atoms with Crippen LogP contribution in [0.3, 0.4) is 0 Å². The lowest BCUT2D eigenvalue weighted by atomic mass is 9.66. The summed E-state index contributed by atoms with van der Waals surface area (Å²) >= 11 is 0. The van der Waals surface area contributed by atoms with Gasteiger partial charge in [-0.3, -0.25) is 0 Å². The molecule has 4 bridgehead atoms. The SMILES string of the molecule is COc1ccc2cc1CCc1cc(ccc1OC)C1CCC21. The van der Waals surface area contributed by atoms with E-state index in [2.05, 4.69) is 36.4 Å². The first kappa shape index (κ1) is 13.7. The van der Waals surface area contributed by atoms with Gasteiger partial charge < -0.3 is 9.47 Å². The van der Waals surface area contributed by atoms with E-state index in [1.807, 2.05) is 0 Å².